The number of carbonyl (C=O) groups is 2. The molecule has 0 radical (unpaired) electrons. The van der Waals surface area contributed by atoms with Gasteiger partial charge in [-0.3, -0.25) is 9.59 Å². The number of nitrogens with one attached hydrogen (secondary N) is 2. The highest BCUT2D eigenvalue weighted by Gasteiger charge is 2.09. The zero-order valence-corrected chi connectivity index (χ0v) is 14.2. The molecule has 25 heavy (non-hydrogen) atoms. The van der Waals surface area contributed by atoms with E-state index in [1.807, 2.05) is 0 Å². The minimum Gasteiger partial charge on any atom is -0.497 e. The van der Waals surface area contributed by atoms with Gasteiger partial charge in [-0.15, -0.1) is 0 Å². The Kier molecular flexibility index (Phi) is 6.11. The summed E-state index contributed by atoms with van der Waals surface area (Å²) in [4.78, 5) is 23.1. The first-order chi connectivity index (χ1) is 12.0. The summed E-state index contributed by atoms with van der Waals surface area (Å²) in [6.07, 6.45) is 1.51. The van der Waals surface area contributed by atoms with Gasteiger partial charge in [0, 0.05) is 24.2 Å². The molecule has 0 aromatic heterocycles. The van der Waals surface area contributed by atoms with Gasteiger partial charge in [-0.2, -0.15) is 5.10 Å². The van der Waals surface area contributed by atoms with Crippen LogP contribution in [0.3, 0.4) is 0 Å². The number of carbonyl (C=O) groups excluding carboxylic acids is 2. The van der Waals surface area contributed by atoms with Crippen molar-refractivity contribution in [1.82, 2.24) is 5.43 Å². The zero-order chi connectivity index (χ0) is 18.2. The number of ether oxygens (including phenoxy) is 2. The standard InChI is InChI=1S/C18H19N3O4/c1-12(22)20-15-6-4-13(5-7-15)11-19-21-18(23)14-8-16(24-2)10-17(9-14)25-3/h4-11H,1-3H3,(H,20,22)(H,21,23)/b19-11+. The van der Waals surface area contributed by atoms with Gasteiger partial charge in [-0.05, 0) is 29.8 Å². The molecule has 130 valence electrons. The van der Waals surface area contributed by atoms with E-state index in [9.17, 15) is 9.59 Å². The Morgan fingerprint density at radius 2 is 1.60 bits per heavy atom. The van der Waals surface area contributed by atoms with Crippen LogP contribution < -0.4 is 20.2 Å². The molecule has 0 saturated heterocycles. The van der Waals surface area contributed by atoms with E-state index >= 15 is 0 Å². The van der Waals surface area contributed by atoms with Crippen LogP contribution in [-0.4, -0.2) is 32.2 Å². The molecule has 0 atom stereocenters. The molecule has 0 unspecified atom stereocenters. The quantitative estimate of drug-likeness (QED) is 0.624. The number of benzene rings is 2. The number of hydrazone groups is 1. The third kappa shape index (κ3) is 5.35. The summed E-state index contributed by atoms with van der Waals surface area (Å²) in [6, 6.07) is 11.9. The first-order valence-corrected chi connectivity index (χ1v) is 7.46. The van der Waals surface area contributed by atoms with Crippen molar-refractivity contribution in [2.24, 2.45) is 5.10 Å². The van der Waals surface area contributed by atoms with Crippen LogP contribution >= 0.6 is 0 Å². The highest BCUT2D eigenvalue weighted by atomic mass is 16.5. The van der Waals surface area contributed by atoms with E-state index in [0.717, 1.165) is 5.56 Å². The molecule has 0 aliphatic rings. The lowest BCUT2D eigenvalue weighted by Gasteiger charge is -2.07. The van der Waals surface area contributed by atoms with E-state index in [0.29, 0.717) is 22.7 Å². The highest BCUT2D eigenvalue weighted by molar-refractivity contribution is 5.95. The number of hydrogen-bond acceptors (Lipinski definition) is 5. The fourth-order valence-electron chi connectivity index (χ4n) is 2.02. The van der Waals surface area contributed by atoms with Gasteiger partial charge in [0.25, 0.3) is 5.91 Å². The molecule has 2 amide bonds. The van der Waals surface area contributed by atoms with Crippen LogP contribution in [0.5, 0.6) is 11.5 Å². The first kappa shape index (κ1) is 18.0. The fraction of sp³-hybridized carbons (Fsp3) is 0.167. The number of methoxy groups -OCH3 is 2. The average molecular weight is 341 g/mol. The van der Waals surface area contributed by atoms with Crippen LogP contribution in [0.4, 0.5) is 5.69 Å². The Morgan fingerprint density at radius 1 is 1.00 bits per heavy atom. The van der Waals surface area contributed by atoms with Crippen molar-refractivity contribution < 1.29 is 19.1 Å². The van der Waals surface area contributed by atoms with E-state index in [2.05, 4.69) is 15.8 Å². The van der Waals surface area contributed by atoms with E-state index in [1.54, 1.807) is 42.5 Å². The van der Waals surface area contributed by atoms with E-state index in [-0.39, 0.29) is 11.8 Å². The summed E-state index contributed by atoms with van der Waals surface area (Å²) in [5, 5.41) is 6.60. The maximum absolute atomic E-state index is 12.2. The van der Waals surface area contributed by atoms with E-state index < -0.39 is 0 Å². The third-order valence-electron chi connectivity index (χ3n) is 3.22. The molecule has 0 fully saturated rings. The van der Waals surface area contributed by atoms with Crippen molar-refractivity contribution in [2.75, 3.05) is 19.5 Å². The molecule has 0 saturated carbocycles. The van der Waals surface area contributed by atoms with Gasteiger partial charge in [0.15, 0.2) is 0 Å². The predicted octanol–water partition coefficient (Wildman–Crippen LogP) is 2.43. The Balaban J connectivity index is 2.01. The number of nitrogens with zero attached hydrogens (tertiary/aromatic N) is 1. The molecule has 0 heterocycles. The van der Waals surface area contributed by atoms with Crippen molar-refractivity contribution >= 4 is 23.7 Å². The van der Waals surface area contributed by atoms with Gasteiger partial charge < -0.3 is 14.8 Å². The topological polar surface area (TPSA) is 89.0 Å². The monoisotopic (exact) mass is 341 g/mol. The number of rotatable bonds is 6. The Labute approximate surface area is 145 Å². The summed E-state index contributed by atoms with van der Waals surface area (Å²) in [6.45, 7) is 1.44. The number of amides is 2. The van der Waals surface area contributed by atoms with Crippen LogP contribution in [0.1, 0.15) is 22.8 Å². The first-order valence-electron chi connectivity index (χ1n) is 7.46. The van der Waals surface area contributed by atoms with Crippen molar-refractivity contribution in [2.45, 2.75) is 6.92 Å². The van der Waals surface area contributed by atoms with E-state index in [1.165, 1.54) is 27.4 Å². The maximum Gasteiger partial charge on any atom is 0.271 e. The Bertz CT molecular complexity index is 763. The molecular weight excluding hydrogens is 322 g/mol. The van der Waals surface area contributed by atoms with Crippen molar-refractivity contribution in [3.63, 3.8) is 0 Å². The Hall–Kier alpha value is -3.35. The lowest BCUT2D eigenvalue weighted by molar-refractivity contribution is -0.114. The molecule has 2 aromatic carbocycles. The zero-order valence-electron chi connectivity index (χ0n) is 14.2. The minimum atomic E-state index is -0.386. The number of hydrogen-bond donors (Lipinski definition) is 2. The van der Waals surface area contributed by atoms with Crippen LogP contribution in [0.2, 0.25) is 0 Å². The third-order valence-corrected chi connectivity index (χ3v) is 3.22. The Morgan fingerprint density at radius 3 is 2.12 bits per heavy atom. The molecule has 7 heteroatoms. The largest absolute Gasteiger partial charge is 0.497 e. The molecule has 2 rings (SSSR count). The van der Waals surface area contributed by atoms with Crippen LogP contribution in [0.25, 0.3) is 0 Å². The van der Waals surface area contributed by atoms with Crippen molar-refractivity contribution in [3.8, 4) is 11.5 Å². The maximum atomic E-state index is 12.2. The smallest absolute Gasteiger partial charge is 0.271 e. The minimum absolute atomic E-state index is 0.137. The predicted molar refractivity (Wildman–Crippen MR) is 95.4 cm³/mol. The molecule has 2 aromatic rings. The van der Waals surface area contributed by atoms with Crippen LogP contribution in [0.15, 0.2) is 47.6 Å². The number of anilines is 1. The molecular formula is C18H19N3O4. The van der Waals surface area contributed by atoms with Crippen LogP contribution in [0, 0.1) is 0 Å². The lowest BCUT2D eigenvalue weighted by Crippen LogP contribution is -2.17. The lowest BCUT2D eigenvalue weighted by atomic mass is 10.2. The van der Waals surface area contributed by atoms with Gasteiger partial charge in [0.1, 0.15) is 11.5 Å². The highest BCUT2D eigenvalue weighted by Crippen LogP contribution is 2.22. The molecule has 0 spiro atoms. The molecule has 0 aliphatic carbocycles. The normalized spacial score (nSPS) is 10.4. The van der Waals surface area contributed by atoms with Gasteiger partial charge in [0.05, 0.1) is 20.4 Å². The second-order valence-electron chi connectivity index (χ2n) is 5.10. The molecule has 0 bridgehead atoms. The fourth-order valence-corrected chi connectivity index (χ4v) is 2.02. The van der Waals surface area contributed by atoms with Crippen molar-refractivity contribution in [1.29, 1.82) is 0 Å². The van der Waals surface area contributed by atoms with Gasteiger partial charge in [0.2, 0.25) is 5.91 Å². The summed E-state index contributed by atoms with van der Waals surface area (Å²) in [5.74, 6) is 0.509. The molecule has 7 nitrogen and oxygen atoms in total. The SMILES string of the molecule is COc1cc(OC)cc(C(=O)N/N=C/c2ccc(NC(C)=O)cc2)c1. The second kappa shape index (κ2) is 8.49. The van der Waals surface area contributed by atoms with Gasteiger partial charge in [-0.25, -0.2) is 5.43 Å². The van der Waals surface area contributed by atoms with Gasteiger partial charge >= 0.3 is 0 Å². The summed E-state index contributed by atoms with van der Waals surface area (Å²) >= 11 is 0. The summed E-state index contributed by atoms with van der Waals surface area (Å²) < 4.78 is 10.3. The summed E-state index contributed by atoms with van der Waals surface area (Å²) in [7, 11) is 3.03. The second-order valence-corrected chi connectivity index (χ2v) is 5.10. The van der Waals surface area contributed by atoms with Crippen molar-refractivity contribution in [3.05, 3.63) is 53.6 Å². The molecule has 2 N–H and O–H groups in total. The molecule has 0 aliphatic heterocycles. The van der Waals surface area contributed by atoms with Crippen LogP contribution in [-0.2, 0) is 4.79 Å². The summed E-state index contributed by atoms with van der Waals surface area (Å²) in [5.41, 5.74) is 4.28. The van der Waals surface area contributed by atoms with Gasteiger partial charge in [-0.1, -0.05) is 12.1 Å². The average Bonchev–Trinajstić information content (AvgIpc) is 2.62. The van der Waals surface area contributed by atoms with E-state index in [4.69, 9.17) is 9.47 Å².